The number of hydrogen-bond donors (Lipinski definition) is 2. The molecule has 5 nitrogen and oxygen atoms in total. The molecule has 1 atom stereocenters. The zero-order valence-electron chi connectivity index (χ0n) is 10.9. The van der Waals surface area contributed by atoms with E-state index in [1.54, 1.807) is 16.6 Å². The Bertz CT molecular complexity index is 495. The molecular weight excluding hydrogens is 250 g/mol. The van der Waals surface area contributed by atoms with E-state index in [1.165, 1.54) is 0 Å². The molecule has 0 bridgehead atoms. The summed E-state index contributed by atoms with van der Waals surface area (Å²) in [6, 6.07) is 1.84. The van der Waals surface area contributed by atoms with E-state index in [0.717, 1.165) is 25.1 Å². The van der Waals surface area contributed by atoms with Crippen LogP contribution in [0.25, 0.3) is 0 Å². The number of H-pyrrole nitrogens is 1. The highest BCUT2D eigenvalue weighted by molar-refractivity contribution is 7.89. The molecule has 2 heterocycles. The van der Waals surface area contributed by atoms with Crippen molar-refractivity contribution in [2.45, 2.75) is 44.2 Å². The number of aromatic amines is 1. The Morgan fingerprint density at radius 1 is 1.56 bits per heavy atom. The van der Waals surface area contributed by atoms with Crippen LogP contribution in [0.2, 0.25) is 0 Å². The first-order valence-corrected chi connectivity index (χ1v) is 7.89. The fraction of sp³-hybridized carbons (Fsp3) is 0.667. The molecule has 0 radical (unpaired) electrons. The van der Waals surface area contributed by atoms with Gasteiger partial charge in [-0.3, -0.25) is 0 Å². The van der Waals surface area contributed by atoms with E-state index < -0.39 is 10.0 Å². The summed E-state index contributed by atoms with van der Waals surface area (Å²) in [5.41, 5.74) is 0.905. The molecule has 102 valence electrons. The normalized spacial score (nSPS) is 21.6. The minimum absolute atomic E-state index is 0.113. The highest BCUT2D eigenvalue weighted by atomic mass is 32.2. The van der Waals surface area contributed by atoms with Crippen LogP contribution in [0.15, 0.2) is 17.2 Å². The summed E-state index contributed by atoms with van der Waals surface area (Å²) in [4.78, 5) is 3.40. The standard InChI is InChI=1S/C12H21N3O2S/c1-3-13-8-11-7-12(9-14-11)18(16,17)15-6-4-5-10(15)2/h7,9-10,13-14H,3-6,8H2,1-2H3. The van der Waals surface area contributed by atoms with Crippen LogP contribution in [0.1, 0.15) is 32.4 Å². The summed E-state index contributed by atoms with van der Waals surface area (Å²) >= 11 is 0. The maximum atomic E-state index is 12.4. The van der Waals surface area contributed by atoms with Gasteiger partial charge in [0.1, 0.15) is 0 Å². The smallest absolute Gasteiger partial charge is 0.244 e. The molecule has 2 N–H and O–H groups in total. The highest BCUT2D eigenvalue weighted by Gasteiger charge is 2.33. The number of nitrogens with zero attached hydrogens (tertiary/aromatic N) is 1. The van der Waals surface area contributed by atoms with Crippen molar-refractivity contribution in [1.82, 2.24) is 14.6 Å². The monoisotopic (exact) mass is 271 g/mol. The van der Waals surface area contributed by atoms with Crippen molar-refractivity contribution in [3.05, 3.63) is 18.0 Å². The molecular formula is C12H21N3O2S. The topological polar surface area (TPSA) is 65.2 Å². The van der Waals surface area contributed by atoms with Crippen LogP contribution in [0.4, 0.5) is 0 Å². The molecule has 6 heteroatoms. The number of aromatic nitrogens is 1. The summed E-state index contributed by atoms with van der Waals surface area (Å²) in [6.45, 7) is 6.16. The lowest BCUT2D eigenvalue weighted by Crippen LogP contribution is -2.33. The molecule has 1 fully saturated rings. The van der Waals surface area contributed by atoms with Crippen LogP contribution in [0.3, 0.4) is 0 Å². The van der Waals surface area contributed by atoms with Gasteiger partial charge >= 0.3 is 0 Å². The summed E-state index contributed by atoms with van der Waals surface area (Å²) < 4.78 is 26.4. The van der Waals surface area contributed by atoms with E-state index in [0.29, 0.717) is 18.0 Å². The molecule has 0 amide bonds. The van der Waals surface area contributed by atoms with Gasteiger partial charge in [-0.15, -0.1) is 0 Å². The molecule has 0 aliphatic carbocycles. The minimum atomic E-state index is -3.32. The number of sulfonamides is 1. The number of rotatable bonds is 5. The van der Waals surface area contributed by atoms with Crippen molar-refractivity contribution in [2.75, 3.05) is 13.1 Å². The second-order valence-electron chi connectivity index (χ2n) is 4.75. The molecule has 0 saturated carbocycles. The maximum absolute atomic E-state index is 12.4. The highest BCUT2D eigenvalue weighted by Crippen LogP contribution is 2.25. The van der Waals surface area contributed by atoms with Gasteiger partial charge in [0.05, 0.1) is 4.90 Å². The van der Waals surface area contributed by atoms with E-state index in [1.807, 2.05) is 13.8 Å². The lowest BCUT2D eigenvalue weighted by Gasteiger charge is -2.19. The third-order valence-electron chi connectivity index (χ3n) is 3.38. The fourth-order valence-electron chi connectivity index (χ4n) is 2.33. The third kappa shape index (κ3) is 2.60. The quantitative estimate of drug-likeness (QED) is 0.848. The second kappa shape index (κ2) is 5.42. The molecule has 1 unspecified atom stereocenters. The van der Waals surface area contributed by atoms with Gasteiger partial charge in [0.15, 0.2) is 0 Å². The molecule has 1 aliphatic rings. The van der Waals surface area contributed by atoms with E-state index in [2.05, 4.69) is 10.3 Å². The Balaban J connectivity index is 2.17. The zero-order valence-corrected chi connectivity index (χ0v) is 11.8. The lowest BCUT2D eigenvalue weighted by molar-refractivity contribution is 0.408. The first kappa shape index (κ1) is 13.6. The van der Waals surface area contributed by atoms with Gasteiger partial charge in [0.25, 0.3) is 0 Å². The first-order valence-electron chi connectivity index (χ1n) is 6.45. The van der Waals surface area contributed by atoms with Crippen LogP contribution >= 0.6 is 0 Å². The molecule has 1 aromatic heterocycles. The Labute approximate surface area is 109 Å². The molecule has 18 heavy (non-hydrogen) atoms. The summed E-state index contributed by atoms with van der Waals surface area (Å²) in [7, 11) is -3.32. The molecule has 1 saturated heterocycles. The largest absolute Gasteiger partial charge is 0.363 e. The van der Waals surface area contributed by atoms with Crippen LogP contribution in [-0.4, -0.2) is 36.8 Å². The van der Waals surface area contributed by atoms with Gasteiger partial charge in [-0.2, -0.15) is 4.31 Å². The van der Waals surface area contributed by atoms with Gasteiger partial charge < -0.3 is 10.3 Å². The SMILES string of the molecule is CCNCc1cc(S(=O)(=O)N2CCCC2C)c[nH]1. The van der Waals surface area contributed by atoms with E-state index in [4.69, 9.17) is 0 Å². The zero-order chi connectivity index (χ0) is 13.2. The predicted octanol–water partition coefficient (Wildman–Crippen LogP) is 1.30. The van der Waals surface area contributed by atoms with Crippen LogP contribution in [0, 0.1) is 0 Å². The first-order chi connectivity index (χ1) is 8.55. The number of hydrogen-bond acceptors (Lipinski definition) is 3. The van der Waals surface area contributed by atoms with Crippen LogP contribution in [-0.2, 0) is 16.6 Å². The van der Waals surface area contributed by atoms with Crippen LogP contribution in [0.5, 0.6) is 0 Å². The molecule has 2 rings (SSSR count). The van der Waals surface area contributed by atoms with Gasteiger partial charge in [0.2, 0.25) is 10.0 Å². The van der Waals surface area contributed by atoms with Crippen LogP contribution < -0.4 is 5.32 Å². The summed E-state index contributed by atoms with van der Waals surface area (Å²) in [5, 5.41) is 3.17. The van der Waals surface area contributed by atoms with E-state index in [9.17, 15) is 8.42 Å². The average Bonchev–Trinajstić information content (AvgIpc) is 2.95. The van der Waals surface area contributed by atoms with E-state index >= 15 is 0 Å². The van der Waals surface area contributed by atoms with E-state index in [-0.39, 0.29) is 6.04 Å². The van der Waals surface area contributed by atoms with Gasteiger partial charge in [-0.05, 0) is 32.4 Å². The van der Waals surface area contributed by atoms with Crippen molar-refractivity contribution in [3.63, 3.8) is 0 Å². The summed E-state index contributed by atoms with van der Waals surface area (Å²) in [6.07, 6.45) is 3.50. The van der Waals surface area contributed by atoms with Crippen molar-refractivity contribution in [2.24, 2.45) is 0 Å². The number of nitrogens with one attached hydrogen (secondary N) is 2. The van der Waals surface area contributed by atoms with Gasteiger partial charge in [-0.25, -0.2) is 8.42 Å². The van der Waals surface area contributed by atoms with Crippen molar-refractivity contribution < 1.29 is 8.42 Å². The Morgan fingerprint density at radius 2 is 2.33 bits per heavy atom. The summed E-state index contributed by atoms with van der Waals surface area (Å²) in [5.74, 6) is 0. The van der Waals surface area contributed by atoms with Gasteiger partial charge in [-0.1, -0.05) is 6.92 Å². The molecule has 1 aromatic rings. The molecule has 0 aromatic carbocycles. The maximum Gasteiger partial charge on any atom is 0.244 e. The predicted molar refractivity (Wildman–Crippen MR) is 70.8 cm³/mol. The van der Waals surface area contributed by atoms with Crippen molar-refractivity contribution >= 4 is 10.0 Å². The Morgan fingerprint density at radius 3 is 2.94 bits per heavy atom. The van der Waals surface area contributed by atoms with Crippen molar-refractivity contribution in [1.29, 1.82) is 0 Å². The lowest BCUT2D eigenvalue weighted by atomic mass is 10.3. The van der Waals surface area contributed by atoms with Gasteiger partial charge in [0, 0.05) is 31.0 Å². The molecule has 0 spiro atoms. The fourth-order valence-corrected chi connectivity index (χ4v) is 4.05. The minimum Gasteiger partial charge on any atom is -0.363 e. The second-order valence-corrected chi connectivity index (χ2v) is 6.64. The average molecular weight is 271 g/mol. The van der Waals surface area contributed by atoms with Crippen molar-refractivity contribution in [3.8, 4) is 0 Å². The molecule has 1 aliphatic heterocycles. The Hall–Kier alpha value is -0.850. The Kier molecular flexibility index (Phi) is 4.09. The third-order valence-corrected chi connectivity index (χ3v) is 5.37.